The lowest BCUT2D eigenvalue weighted by molar-refractivity contribution is -0.116. The van der Waals surface area contributed by atoms with E-state index in [0.29, 0.717) is 17.8 Å². The van der Waals surface area contributed by atoms with E-state index in [2.05, 4.69) is 15.5 Å². The molecule has 0 bridgehead atoms. The highest BCUT2D eigenvalue weighted by molar-refractivity contribution is 6.32. The van der Waals surface area contributed by atoms with Crippen LogP contribution in [0, 0.1) is 0 Å². The van der Waals surface area contributed by atoms with Gasteiger partial charge in [-0.05, 0) is 43.0 Å². The van der Waals surface area contributed by atoms with Gasteiger partial charge in [0.2, 0.25) is 5.91 Å². The number of carbonyl (C=O) groups is 2. The van der Waals surface area contributed by atoms with Crippen molar-refractivity contribution in [3.63, 3.8) is 0 Å². The molecule has 0 aromatic heterocycles. The van der Waals surface area contributed by atoms with Crippen molar-refractivity contribution in [3.8, 4) is 0 Å². The van der Waals surface area contributed by atoms with Gasteiger partial charge < -0.3 is 15.5 Å². The zero-order valence-electron chi connectivity index (χ0n) is 16.1. The van der Waals surface area contributed by atoms with E-state index in [1.165, 1.54) is 0 Å². The third-order valence-corrected chi connectivity index (χ3v) is 5.26. The predicted molar refractivity (Wildman–Crippen MR) is 114 cm³/mol. The number of carbonyl (C=O) groups excluding carboxylic acids is 2. The van der Waals surface area contributed by atoms with Crippen molar-refractivity contribution in [2.45, 2.75) is 31.6 Å². The molecule has 1 aliphatic heterocycles. The summed E-state index contributed by atoms with van der Waals surface area (Å²) < 4.78 is 0. The van der Waals surface area contributed by atoms with Gasteiger partial charge in [-0.2, -0.15) is 0 Å². The first kappa shape index (κ1) is 20.2. The van der Waals surface area contributed by atoms with Crippen LogP contribution in [0.3, 0.4) is 0 Å². The number of amides is 2. The number of benzene rings is 2. The number of hydrogen-bond acceptors (Lipinski definition) is 3. The highest BCUT2D eigenvalue weighted by Crippen LogP contribution is 2.29. The third-order valence-electron chi connectivity index (χ3n) is 4.81. The molecular formula is C22H26ClN3O2. The van der Waals surface area contributed by atoms with Crippen molar-refractivity contribution in [2.75, 3.05) is 29.9 Å². The molecule has 2 N–H and O–H groups in total. The first-order valence-corrected chi connectivity index (χ1v) is 10.2. The molecule has 1 atom stereocenters. The van der Waals surface area contributed by atoms with Crippen LogP contribution in [0.15, 0.2) is 48.5 Å². The molecule has 5 nitrogen and oxygen atoms in total. The van der Waals surface area contributed by atoms with Crippen LogP contribution in [-0.2, 0) is 4.79 Å². The number of nitrogens with one attached hydrogen (secondary N) is 2. The standard InChI is InChI=1S/C22H26ClN3O2/c1-2-12-24-21(27)18-15-17(10-11-19(18)26-13-6-7-14-26)25-22(28)20(23)16-8-4-3-5-9-16/h3-5,8-11,15,20H,2,6-7,12-14H2,1H3,(H,24,27)(H,25,28). The molecule has 0 radical (unpaired) electrons. The second-order valence-corrected chi connectivity index (χ2v) is 7.38. The zero-order valence-corrected chi connectivity index (χ0v) is 16.8. The van der Waals surface area contributed by atoms with Crippen LogP contribution in [-0.4, -0.2) is 31.4 Å². The van der Waals surface area contributed by atoms with Gasteiger partial charge in [-0.3, -0.25) is 9.59 Å². The normalized spacial score (nSPS) is 14.6. The minimum atomic E-state index is -0.795. The zero-order chi connectivity index (χ0) is 19.9. The Hall–Kier alpha value is -2.53. The Kier molecular flexibility index (Phi) is 6.93. The quantitative estimate of drug-likeness (QED) is 0.680. The maximum Gasteiger partial charge on any atom is 0.253 e. The van der Waals surface area contributed by atoms with Crippen LogP contribution < -0.4 is 15.5 Å². The first-order chi connectivity index (χ1) is 13.6. The fraction of sp³-hybridized carbons (Fsp3) is 0.364. The summed E-state index contributed by atoms with van der Waals surface area (Å²) in [5, 5.41) is 4.98. The largest absolute Gasteiger partial charge is 0.371 e. The van der Waals surface area contributed by atoms with E-state index in [9.17, 15) is 9.59 Å². The predicted octanol–water partition coefficient (Wildman–Crippen LogP) is 4.35. The van der Waals surface area contributed by atoms with Crippen LogP contribution in [0.1, 0.15) is 47.5 Å². The van der Waals surface area contributed by atoms with Crippen LogP contribution in [0.25, 0.3) is 0 Å². The first-order valence-electron chi connectivity index (χ1n) is 9.77. The Morgan fingerprint density at radius 1 is 1.11 bits per heavy atom. The second kappa shape index (κ2) is 9.60. The van der Waals surface area contributed by atoms with Crippen molar-refractivity contribution >= 4 is 34.8 Å². The van der Waals surface area contributed by atoms with Gasteiger partial charge in [0.15, 0.2) is 0 Å². The monoisotopic (exact) mass is 399 g/mol. The number of rotatable bonds is 7. The Bertz CT molecular complexity index is 820. The van der Waals surface area contributed by atoms with Crippen LogP contribution >= 0.6 is 11.6 Å². The van der Waals surface area contributed by atoms with Crippen molar-refractivity contribution in [1.29, 1.82) is 0 Å². The summed E-state index contributed by atoms with van der Waals surface area (Å²) in [6.07, 6.45) is 3.12. The topological polar surface area (TPSA) is 61.4 Å². The lowest BCUT2D eigenvalue weighted by atomic mass is 10.1. The minimum absolute atomic E-state index is 0.120. The fourth-order valence-corrected chi connectivity index (χ4v) is 3.54. The lowest BCUT2D eigenvalue weighted by Gasteiger charge is -2.22. The van der Waals surface area contributed by atoms with Crippen LogP contribution in [0.5, 0.6) is 0 Å². The Balaban J connectivity index is 1.81. The van der Waals surface area contributed by atoms with Gasteiger partial charge in [0.1, 0.15) is 5.38 Å². The third kappa shape index (κ3) is 4.84. The molecule has 148 valence electrons. The molecule has 6 heteroatoms. The van der Waals surface area contributed by atoms with E-state index in [4.69, 9.17) is 11.6 Å². The van der Waals surface area contributed by atoms with Gasteiger partial charge in [-0.25, -0.2) is 0 Å². The number of anilines is 2. The summed E-state index contributed by atoms with van der Waals surface area (Å²) in [4.78, 5) is 27.5. The average Bonchev–Trinajstić information content (AvgIpc) is 3.26. The molecule has 1 saturated heterocycles. The van der Waals surface area contributed by atoms with Gasteiger partial charge in [0, 0.05) is 31.0 Å². The van der Waals surface area contributed by atoms with Crippen molar-refractivity contribution in [1.82, 2.24) is 5.32 Å². The van der Waals surface area contributed by atoms with Crippen molar-refractivity contribution in [2.24, 2.45) is 0 Å². The molecule has 28 heavy (non-hydrogen) atoms. The molecule has 0 spiro atoms. The lowest BCUT2D eigenvalue weighted by Crippen LogP contribution is -2.28. The van der Waals surface area contributed by atoms with E-state index in [1.54, 1.807) is 6.07 Å². The van der Waals surface area contributed by atoms with Gasteiger partial charge >= 0.3 is 0 Å². The smallest absolute Gasteiger partial charge is 0.253 e. The molecule has 2 amide bonds. The molecule has 1 heterocycles. The molecule has 3 rings (SSSR count). The maximum absolute atomic E-state index is 12.7. The average molecular weight is 400 g/mol. The van der Waals surface area contributed by atoms with Crippen LogP contribution in [0.2, 0.25) is 0 Å². The van der Waals surface area contributed by atoms with Gasteiger partial charge in [-0.15, -0.1) is 11.6 Å². The molecule has 1 aliphatic rings. The van der Waals surface area contributed by atoms with E-state index in [-0.39, 0.29) is 11.8 Å². The molecular weight excluding hydrogens is 374 g/mol. The summed E-state index contributed by atoms with van der Waals surface area (Å²) in [6, 6.07) is 14.7. The molecule has 0 saturated carbocycles. The molecule has 1 unspecified atom stereocenters. The van der Waals surface area contributed by atoms with Gasteiger partial charge in [0.05, 0.1) is 5.56 Å². The number of halogens is 1. The summed E-state index contributed by atoms with van der Waals surface area (Å²) in [7, 11) is 0. The van der Waals surface area contributed by atoms with E-state index in [0.717, 1.165) is 43.6 Å². The van der Waals surface area contributed by atoms with Crippen LogP contribution in [0.4, 0.5) is 11.4 Å². The fourth-order valence-electron chi connectivity index (χ4n) is 3.34. The van der Waals surface area contributed by atoms with Gasteiger partial charge in [0.25, 0.3) is 5.91 Å². The highest BCUT2D eigenvalue weighted by Gasteiger charge is 2.22. The number of hydrogen-bond donors (Lipinski definition) is 2. The van der Waals surface area contributed by atoms with E-state index < -0.39 is 5.38 Å². The second-order valence-electron chi connectivity index (χ2n) is 6.94. The molecule has 1 fully saturated rings. The van der Waals surface area contributed by atoms with Crippen molar-refractivity contribution in [3.05, 3.63) is 59.7 Å². The Morgan fingerprint density at radius 2 is 1.82 bits per heavy atom. The molecule has 0 aliphatic carbocycles. The summed E-state index contributed by atoms with van der Waals surface area (Å²) in [6.45, 7) is 4.52. The highest BCUT2D eigenvalue weighted by atomic mass is 35.5. The SMILES string of the molecule is CCCNC(=O)c1cc(NC(=O)C(Cl)c2ccccc2)ccc1N1CCCC1. The van der Waals surface area contributed by atoms with Gasteiger partial charge in [-0.1, -0.05) is 37.3 Å². The number of alkyl halides is 1. The van der Waals surface area contributed by atoms with Crippen molar-refractivity contribution < 1.29 is 9.59 Å². The summed E-state index contributed by atoms with van der Waals surface area (Å²) in [5.74, 6) is -0.438. The summed E-state index contributed by atoms with van der Waals surface area (Å²) in [5.41, 5.74) is 2.79. The van der Waals surface area contributed by atoms with E-state index in [1.807, 2.05) is 49.4 Å². The summed E-state index contributed by atoms with van der Waals surface area (Å²) >= 11 is 6.31. The minimum Gasteiger partial charge on any atom is -0.371 e. The molecule has 2 aromatic carbocycles. The molecule has 2 aromatic rings. The van der Waals surface area contributed by atoms with E-state index >= 15 is 0 Å². The Morgan fingerprint density at radius 3 is 2.50 bits per heavy atom. The maximum atomic E-state index is 12.7. The number of nitrogens with zero attached hydrogens (tertiary/aromatic N) is 1. The Labute approximate surface area is 171 Å².